The van der Waals surface area contributed by atoms with Crippen LogP contribution in [0.3, 0.4) is 0 Å². The molecule has 2 aromatic carbocycles. The molecule has 0 saturated heterocycles. The fourth-order valence-corrected chi connectivity index (χ4v) is 2.83. The van der Waals surface area contributed by atoms with Crippen LogP contribution in [0, 0.1) is 5.82 Å². The van der Waals surface area contributed by atoms with Gasteiger partial charge in [0.1, 0.15) is 5.82 Å². The lowest BCUT2D eigenvalue weighted by Gasteiger charge is -2.17. The van der Waals surface area contributed by atoms with Gasteiger partial charge in [0.25, 0.3) is 0 Å². The van der Waals surface area contributed by atoms with Crippen LogP contribution < -0.4 is 10.6 Å². The molecule has 3 rings (SSSR count). The van der Waals surface area contributed by atoms with E-state index in [-0.39, 0.29) is 10.7 Å². The van der Waals surface area contributed by atoms with Crippen LogP contribution in [-0.4, -0.2) is 23.0 Å². The molecule has 0 bridgehead atoms. The SMILES string of the molecule is O=C(Nc1ccc(Cl)c(F)c1)C(=O)NC1c2ccccc2C[C@@H]1O. The summed E-state index contributed by atoms with van der Waals surface area (Å²) >= 11 is 5.56. The number of hydrogen-bond donors (Lipinski definition) is 3. The molecule has 2 atom stereocenters. The van der Waals surface area contributed by atoms with E-state index in [0.717, 1.165) is 17.2 Å². The van der Waals surface area contributed by atoms with Crippen LogP contribution >= 0.6 is 11.6 Å². The first-order chi connectivity index (χ1) is 11.5. The van der Waals surface area contributed by atoms with E-state index < -0.39 is 29.8 Å². The van der Waals surface area contributed by atoms with Crippen molar-refractivity contribution < 1.29 is 19.1 Å². The summed E-state index contributed by atoms with van der Waals surface area (Å²) in [5.41, 5.74) is 1.82. The second kappa shape index (κ2) is 6.59. The minimum Gasteiger partial charge on any atom is -0.390 e. The number of rotatable bonds is 2. The number of carbonyl (C=O) groups is 2. The zero-order valence-electron chi connectivity index (χ0n) is 12.4. The van der Waals surface area contributed by atoms with Gasteiger partial charge in [0.2, 0.25) is 0 Å². The lowest BCUT2D eigenvalue weighted by atomic mass is 10.1. The predicted octanol–water partition coefficient (Wildman–Crippen LogP) is 2.19. The van der Waals surface area contributed by atoms with Crippen molar-refractivity contribution in [2.45, 2.75) is 18.6 Å². The van der Waals surface area contributed by atoms with Gasteiger partial charge in [0.15, 0.2) is 0 Å². The number of carbonyl (C=O) groups excluding carboxylic acids is 2. The van der Waals surface area contributed by atoms with E-state index >= 15 is 0 Å². The average molecular weight is 349 g/mol. The second-order valence-electron chi connectivity index (χ2n) is 5.50. The topological polar surface area (TPSA) is 78.4 Å². The van der Waals surface area contributed by atoms with E-state index in [1.165, 1.54) is 12.1 Å². The van der Waals surface area contributed by atoms with Gasteiger partial charge < -0.3 is 15.7 Å². The highest BCUT2D eigenvalue weighted by atomic mass is 35.5. The largest absolute Gasteiger partial charge is 0.390 e. The molecule has 2 amide bonds. The summed E-state index contributed by atoms with van der Waals surface area (Å²) in [4.78, 5) is 24.0. The highest BCUT2D eigenvalue weighted by Crippen LogP contribution is 2.31. The Bertz CT molecular complexity index is 812. The molecule has 7 heteroatoms. The fourth-order valence-electron chi connectivity index (χ4n) is 2.72. The molecule has 24 heavy (non-hydrogen) atoms. The normalized spacial score (nSPS) is 18.8. The van der Waals surface area contributed by atoms with Gasteiger partial charge in [-0.25, -0.2) is 4.39 Å². The predicted molar refractivity (Wildman–Crippen MR) is 87.1 cm³/mol. The van der Waals surface area contributed by atoms with Crippen LogP contribution in [0.25, 0.3) is 0 Å². The number of aliphatic hydroxyl groups is 1. The minimum absolute atomic E-state index is 0.0804. The molecule has 0 saturated carbocycles. The first-order valence-electron chi connectivity index (χ1n) is 7.28. The van der Waals surface area contributed by atoms with E-state index in [1.807, 2.05) is 12.1 Å². The molecule has 0 heterocycles. The van der Waals surface area contributed by atoms with Crippen LogP contribution in [0.1, 0.15) is 17.2 Å². The molecule has 124 valence electrons. The van der Waals surface area contributed by atoms with E-state index in [1.54, 1.807) is 12.1 Å². The second-order valence-corrected chi connectivity index (χ2v) is 5.91. The lowest BCUT2D eigenvalue weighted by molar-refractivity contribution is -0.137. The Morgan fingerprint density at radius 2 is 1.92 bits per heavy atom. The fraction of sp³-hybridized carbons (Fsp3) is 0.176. The van der Waals surface area contributed by atoms with Crippen LogP contribution in [0.5, 0.6) is 0 Å². The zero-order valence-corrected chi connectivity index (χ0v) is 13.2. The summed E-state index contributed by atoms with van der Waals surface area (Å²) in [5.74, 6) is -2.56. The zero-order chi connectivity index (χ0) is 17.3. The summed E-state index contributed by atoms with van der Waals surface area (Å²) in [7, 11) is 0. The molecule has 3 N–H and O–H groups in total. The average Bonchev–Trinajstić information content (AvgIpc) is 2.87. The van der Waals surface area contributed by atoms with Crippen molar-refractivity contribution in [1.29, 1.82) is 0 Å². The third kappa shape index (κ3) is 3.25. The van der Waals surface area contributed by atoms with Crippen molar-refractivity contribution in [2.75, 3.05) is 5.32 Å². The van der Waals surface area contributed by atoms with Gasteiger partial charge in [-0.15, -0.1) is 0 Å². The monoisotopic (exact) mass is 348 g/mol. The molecule has 0 spiro atoms. The van der Waals surface area contributed by atoms with E-state index in [4.69, 9.17) is 11.6 Å². The molecular weight excluding hydrogens is 335 g/mol. The highest BCUT2D eigenvalue weighted by Gasteiger charge is 2.33. The summed E-state index contributed by atoms with van der Waals surface area (Å²) in [6.45, 7) is 0. The standard InChI is InChI=1S/C17H14ClFN2O3/c18-12-6-5-10(8-13(12)19)20-16(23)17(24)21-15-11-4-2-1-3-9(11)7-14(15)22/h1-6,8,14-15,22H,7H2,(H,20,23)(H,21,24)/t14-,15?/m0/s1. The lowest BCUT2D eigenvalue weighted by Crippen LogP contribution is -2.40. The molecular formula is C17H14ClFN2O3. The molecule has 0 aromatic heterocycles. The number of benzene rings is 2. The van der Waals surface area contributed by atoms with Crippen molar-refractivity contribution in [1.82, 2.24) is 5.32 Å². The number of hydrogen-bond acceptors (Lipinski definition) is 3. The summed E-state index contributed by atoms with van der Waals surface area (Å²) in [6.07, 6.45) is -0.391. The van der Waals surface area contributed by atoms with Crippen molar-refractivity contribution in [2.24, 2.45) is 0 Å². The van der Waals surface area contributed by atoms with Gasteiger partial charge >= 0.3 is 11.8 Å². The number of nitrogens with one attached hydrogen (secondary N) is 2. The minimum atomic E-state index is -0.951. The van der Waals surface area contributed by atoms with Crippen molar-refractivity contribution in [3.8, 4) is 0 Å². The first-order valence-corrected chi connectivity index (χ1v) is 7.66. The first kappa shape index (κ1) is 16.4. The number of aliphatic hydroxyl groups excluding tert-OH is 1. The van der Waals surface area contributed by atoms with Gasteiger partial charge in [-0.3, -0.25) is 9.59 Å². The van der Waals surface area contributed by atoms with Crippen LogP contribution in [0.15, 0.2) is 42.5 Å². The maximum absolute atomic E-state index is 13.4. The molecule has 2 aromatic rings. The highest BCUT2D eigenvalue weighted by molar-refractivity contribution is 6.39. The molecule has 1 aliphatic rings. The summed E-state index contributed by atoms with van der Waals surface area (Å²) in [5, 5.41) is 14.8. The maximum atomic E-state index is 13.4. The van der Waals surface area contributed by atoms with Crippen LogP contribution in [-0.2, 0) is 16.0 Å². The van der Waals surface area contributed by atoms with Gasteiger partial charge in [-0.1, -0.05) is 35.9 Å². The Morgan fingerprint density at radius 3 is 2.67 bits per heavy atom. The molecule has 0 radical (unpaired) electrons. The number of anilines is 1. The van der Waals surface area contributed by atoms with Gasteiger partial charge in [0, 0.05) is 12.1 Å². The molecule has 1 unspecified atom stereocenters. The van der Waals surface area contributed by atoms with Crippen molar-refractivity contribution >= 4 is 29.1 Å². The maximum Gasteiger partial charge on any atom is 0.313 e. The Hall–Kier alpha value is -2.44. The molecule has 1 aliphatic carbocycles. The van der Waals surface area contributed by atoms with Crippen LogP contribution in [0.4, 0.5) is 10.1 Å². The summed E-state index contributed by atoms with van der Waals surface area (Å²) in [6, 6.07) is 10.3. The molecule has 0 aliphatic heterocycles. The Labute approximate surface area is 142 Å². The number of amides is 2. The Morgan fingerprint density at radius 1 is 1.17 bits per heavy atom. The molecule has 5 nitrogen and oxygen atoms in total. The van der Waals surface area contributed by atoms with E-state index in [0.29, 0.717) is 6.42 Å². The third-order valence-corrected chi connectivity index (χ3v) is 4.18. The Kier molecular flexibility index (Phi) is 4.51. The van der Waals surface area contributed by atoms with Gasteiger partial charge in [0.05, 0.1) is 17.2 Å². The van der Waals surface area contributed by atoms with Crippen molar-refractivity contribution in [3.05, 3.63) is 64.4 Å². The third-order valence-electron chi connectivity index (χ3n) is 3.87. The Balaban J connectivity index is 1.68. The van der Waals surface area contributed by atoms with Gasteiger partial charge in [-0.2, -0.15) is 0 Å². The van der Waals surface area contributed by atoms with Crippen molar-refractivity contribution in [3.63, 3.8) is 0 Å². The number of halogens is 2. The van der Waals surface area contributed by atoms with Crippen LogP contribution in [0.2, 0.25) is 5.02 Å². The molecule has 0 fully saturated rings. The smallest absolute Gasteiger partial charge is 0.313 e. The summed E-state index contributed by atoms with van der Waals surface area (Å²) < 4.78 is 13.4. The van der Waals surface area contributed by atoms with E-state index in [2.05, 4.69) is 10.6 Å². The van der Waals surface area contributed by atoms with Gasteiger partial charge in [-0.05, 0) is 29.3 Å². The quantitative estimate of drug-likeness (QED) is 0.728. The van der Waals surface area contributed by atoms with E-state index in [9.17, 15) is 19.1 Å². The number of fused-ring (bicyclic) bond motifs is 1.